The molecule has 0 aromatic carbocycles. The third-order valence-electron chi connectivity index (χ3n) is 1.32. The van der Waals surface area contributed by atoms with Gasteiger partial charge in [0.2, 0.25) is 0 Å². The summed E-state index contributed by atoms with van der Waals surface area (Å²) in [6.07, 6.45) is 1.46. The summed E-state index contributed by atoms with van der Waals surface area (Å²) >= 11 is 9.90. The third-order valence-corrected chi connectivity index (χ3v) is 1.68. The van der Waals surface area contributed by atoms with Gasteiger partial charge in [-0.2, -0.15) is 0 Å². The van der Waals surface area contributed by atoms with Crippen LogP contribution in [0.1, 0.15) is 5.76 Å². The van der Waals surface area contributed by atoms with Crippen LogP contribution < -0.4 is 4.84 Å². The molecule has 0 spiro atoms. The average Bonchev–Trinajstić information content (AvgIpc) is 2.36. The van der Waals surface area contributed by atoms with E-state index in [1.807, 2.05) is 0 Å². The third kappa shape index (κ3) is 2.94. The summed E-state index contributed by atoms with van der Waals surface area (Å²) in [4.78, 5) is 5.35. The van der Waals surface area contributed by atoms with Gasteiger partial charge in [0, 0.05) is 19.2 Å². The summed E-state index contributed by atoms with van der Waals surface area (Å²) in [7, 11) is 0. The minimum atomic E-state index is -0.559. The molecule has 4 nitrogen and oxygen atoms in total. The molecule has 1 rings (SSSR count). The summed E-state index contributed by atoms with van der Waals surface area (Å²) in [5.74, 6) is 0.624. The zero-order chi connectivity index (χ0) is 8.97. The first-order valence-corrected chi connectivity index (χ1v) is 4.20. The quantitative estimate of drug-likeness (QED) is 0.510. The van der Waals surface area contributed by atoms with Gasteiger partial charge < -0.3 is 14.5 Å². The molecule has 1 unspecified atom stereocenters. The van der Waals surface area contributed by atoms with Crippen LogP contribution in [0.15, 0.2) is 10.6 Å². The van der Waals surface area contributed by atoms with Crippen LogP contribution in [0, 0.1) is 4.84 Å². The highest BCUT2D eigenvalue weighted by Crippen LogP contribution is 2.02. The summed E-state index contributed by atoms with van der Waals surface area (Å²) in [6, 6.07) is 0. The Balaban J connectivity index is 2.46. The molecule has 0 fully saturated rings. The molecule has 1 atom stereocenters. The van der Waals surface area contributed by atoms with Crippen molar-refractivity contribution in [2.75, 3.05) is 6.54 Å². The molecule has 0 aliphatic carbocycles. The molecule has 3 N–H and O–H groups in total. The van der Waals surface area contributed by atoms with Crippen molar-refractivity contribution in [1.82, 2.24) is 9.82 Å². The van der Waals surface area contributed by atoms with Crippen LogP contribution in [0.3, 0.4) is 0 Å². The van der Waals surface area contributed by atoms with Crippen molar-refractivity contribution >= 4 is 24.0 Å². The van der Waals surface area contributed by atoms with Crippen LogP contribution >= 0.6 is 24.0 Å². The second-order valence-electron chi connectivity index (χ2n) is 2.34. The fraction of sp³-hybridized carbons (Fsp3) is 0.500. The Labute approximate surface area is 79.7 Å². The van der Waals surface area contributed by atoms with Crippen LogP contribution in [0.25, 0.3) is 0 Å². The van der Waals surface area contributed by atoms with Gasteiger partial charge in [0.05, 0.1) is 6.10 Å². The number of aromatic amines is 1. The second-order valence-corrected chi connectivity index (χ2v) is 2.98. The van der Waals surface area contributed by atoms with Gasteiger partial charge in [0.1, 0.15) is 5.76 Å². The maximum Gasteiger partial charge on any atom is 0.266 e. The molecule has 1 aromatic heterocycles. The van der Waals surface area contributed by atoms with E-state index in [1.165, 1.54) is 0 Å². The van der Waals surface area contributed by atoms with Gasteiger partial charge in [-0.1, -0.05) is 0 Å². The molecule has 0 aliphatic heterocycles. The highest BCUT2D eigenvalue weighted by Gasteiger charge is 2.06. The van der Waals surface area contributed by atoms with E-state index in [9.17, 15) is 5.11 Å². The second kappa shape index (κ2) is 4.61. The topological polar surface area (TPSA) is 61.2 Å². The van der Waals surface area contributed by atoms with E-state index >= 15 is 0 Å². The number of rotatable bonds is 4. The molecule has 6 heteroatoms. The van der Waals surface area contributed by atoms with Gasteiger partial charge in [-0.05, 0) is 24.0 Å². The highest BCUT2D eigenvalue weighted by molar-refractivity contribution is 7.71. The molecular formula is C6H9ClN2O2S. The zero-order valence-corrected chi connectivity index (χ0v) is 7.78. The molecule has 1 aromatic rings. The Morgan fingerprint density at radius 3 is 3.08 bits per heavy atom. The Morgan fingerprint density at radius 2 is 2.58 bits per heavy atom. The number of oxazole rings is 1. The van der Waals surface area contributed by atoms with Crippen LogP contribution in [-0.4, -0.2) is 22.7 Å². The van der Waals surface area contributed by atoms with E-state index in [-0.39, 0.29) is 0 Å². The number of aromatic nitrogens is 1. The van der Waals surface area contributed by atoms with E-state index in [2.05, 4.69) is 9.82 Å². The lowest BCUT2D eigenvalue weighted by Crippen LogP contribution is -2.22. The normalized spacial score (nSPS) is 13.2. The van der Waals surface area contributed by atoms with E-state index in [0.29, 0.717) is 23.6 Å². The molecule has 1 heterocycles. The molecule has 0 aliphatic rings. The van der Waals surface area contributed by atoms with E-state index in [0.717, 1.165) is 0 Å². The van der Waals surface area contributed by atoms with Gasteiger partial charge in [-0.25, -0.2) is 4.84 Å². The summed E-state index contributed by atoms with van der Waals surface area (Å²) in [5.41, 5.74) is 0. The Kier molecular flexibility index (Phi) is 3.74. The maximum absolute atomic E-state index is 9.26. The highest BCUT2D eigenvalue weighted by atomic mass is 35.5. The first-order chi connectivity index (χ1) is 5.72. The van der Waals surface area contributed by atoms with E-state index in [1.54, 1.807) is 6.20 Å². The molecule has 0 saturated carbocycles. The SMILES string of the molecule is OC(CNCl)Cc1c[nH]c(=S)o1. The lowest BCUT2D eigenvalue weighted by Gasteiger charge is -2.04. The number of aliphatic hydroxyl groups excluding tert-OH is 1. The van der Waals surface area contributed by atoms with Crippen molar-refractivity contribution in [3.8, 4) is 0 Å². The number of halogens is 1. The number of hydrogen-bond acceptors (Lipinski definition) is 4. The first kappa shape index (κ1) is 9.73. The number of hydrogen-bond donors (Lipinski definition) is 3. The predicted octanol–water partition coefficient (Wildman–Crippen LogP) is 0.984. The van der Waals surface area contributed by atoms with Crippen molar-refractivity contribution in [1.29, 1.82) is 0 Å². The van der Waals surface area contributed by atoms with E-state index in [4.69, 9.17) is 28.4 Å². The van der Waals surface area contributed by atoms with Crippen LogP contribution in [0.4, 0.5) is 0 Å². The van der Waals surface area contributed by atoms with Gasteiger partial charge >= 0.3 is 0 Å². The lowest BCUT2D eigenvalue weighted by molar-refractivity contribution is 0.171. The largest absolute Gasteiger partial charge is 0.435 e. The number of aliphatic hydroxyl groups is 1. The Morgan fingerprint density at radius 1 is 1.83 bits per heavy atom. The van der Waals surface area contributed by atoms with Crippen molar-refractivity contribution < 1.29 is 9.52 Å². The Hall–Kier alpha value is -0.360. The van der Waals surface area contributed by atoms with Gasteiger partial charge in [-0.15, -0.1) is 0 Å². The van der Waals surface area contributed by atoms with Crippen LogP contribution in [-0.2, 0) is 6.42 Å². The molecule has 0 saturated heterocycles. The minimum Gasteiger partial charge on any atom is -0.435 e. The summed E-state index contributed by atoms with van der Waals surface area (Å²) in [5, 5.41) is 9.26. The number of H-pyrrole nitrogens is 1. The molecule has 12 heavy (non-hydrogen) atoms. The molecule has 0 radical (unpaired) electrons. The Bertz CT molecular complexity index is 285. The zero-order valence-electron chi connectivity index (χ0n) is 6.21. The van der Waals surface area contributed by atoms with Gasteiger partial charge in [0.15, 0.2) is 0 Å². The average molecular weight is 209 g/mol. The fourth-order valence-electron chi connectivity index (χ4n) is 0.811. The van der Waals surface area contributed by atoms with E-state index < -0.39 is 6.10 Å². The number of nitrogens with one attached hydrogen (secondary N) is 2. The molecule has 68 valence electrons. The molecule has 0 amide bonds. The van der Waals surface area contributed by atoms with Crippen molar-refractivity contribution in [2.45, 2.75) is 12.5 Å². The first-order valence-electron chi connectivity index (χ1n) is 3.41. The maximum atomic E-state index is 9.26. The monoisotopic (exact) mass is 208 g/mol. The standard InChI is InChI=1S/C6H9ClN2O2S/c7-9-2-4(10)1-5-3-8-6(12)11-5/h3-4,9-10H,1-2H2,(H,8,12). The van der Waals surface area contributed by atoms with Gasteiger partial charge in [-0.3, -0.25) is 0 Å². The lowest BCUT2D eigenvalue weighted by atomic mass is 10.2. The fourth-order valence-corrected chi connectivity index (χ4v) is 1.16. The predicted molar refractivity (Wildman–Crippen MR) is 47.5 cm³/mol. The molecular weight excluding hydrogens is 200 g/mol. The smallest absolute Gasteiger partial charge is 0.266 e. The van der Waals surface area contributed by atoms with Crippen LogP contribution in [0.5, 0.6) is 0 Å². The van der Waals surface area contributed by atoms with Crippen LogP contribution in [0.2, 0.25) is 0 Å². The van der Waals surface area contributed by atoms with Gasteiger partial charge in [0.25, 0.3) is 4.84 Å². The summed E-state index contributed by atoms with van der Waals surface area (Å²) < 4.78 is 5.03. The minimum absolute atomic E-state index is 0.315. The summed E-state index contributed by atoms with van der Waals surface area (Å²) in [6.45, 7) is 0.315. The molecule has 0 bridgehead atoms. The van der Waals surface area contributed by atoms with Crippen molar-refractivity contribution in [3.05, 3.63) is 16.8 Å². The van der Waals surface area contributed by atoms with Crippen molar-refractivity contribution in [2.24, 2.45) is 0 Å². The van der Waals surface area contributed by atoms with Crippen molar-refractivity contribution in [3.63, 3.8) is 0 Å².